The van der Waals surface area contributed by atoms with E-state index in [-0.39, 0.29) is 18.7 Å². The zero-order valence-electron chi connectivity index (χ0n) is 13.0. The van der Waals surface area contributed by atoms with Gasteiger partial charge in [-0.15, -0.1) is 0 Å². The average Bonchev–Trinajstić information content (AvgIpc) is 2.56. The van der Waals surface area contributed by atoms with E-state index in [1.54, 1.807) is 0 Å². The molecule has 1 atom stereocenters. The number of rotatable bonds is 7. The summed E-state index contributed by atoms with van der Waals surface area (Å²) in [4.78, 5) is 36.5. The smallest absolute Gasteiger partial charge is 0.341 e. The minimum atomic E-state index is -0.781. The van der Waals surface area contributed by atoms with Crippen LogP contribution < -0.4 is 11.2 Å². The molecule has 0 aliphatic carbocycles. The fourth-order valence-corrected chi connectivity index (χ4v) is 2.05. The minimum Gasteiger partial charge on any atom is -0.459 e. The highest BCUT2D eigenvalue weighted by molar-refractivity contribution is 5.89. The number of esters is 1. The molecule has 1 aromatic heterocycles. The van der Waals surface area contributed by atoms with E-state index < -0.39 is 29.1 Å². The van der Waals surface area contributed by atoms with Crippen LogP contribution in [0.25, 0.3) is 0 Å². The van der Waals surface area contributed by atoms with Crippen LogP contribution >= 0.6 is 0 Å². The van der Waals surface area contributed by atoms with Crippen molar-refractivity contribution >= 4 is 5.97 Å². The quantitative estimate of drug-likeness (QED) is 0.760. The number of aromatic amines is 1. The topological polar surface area (TPSA) is 90.4 Å². The first kappa shape index (κ1) is 17.6. The van der Waals surface area contributed by atoms with E-state index in [1.165, 1.54) is 48.2 Å². The number of halogens is 1. The Bertz CT molecular complexity index is 814. The van der Waals surface area contributed by atoms with Crippen molar-refractivity contribution in [2.75, 3.05) is 13.7 Å². The first-order valence-electron chi connectivity index (χ1n) is 7.25. The molecule has 0 fully saturated rings. The van der Waals surface area contributed by atoms with Crippen LogP contribution in [0, 0.1) is 5.82 Å². The summed E-state index contributed by atoms with van der Waals surface area (Å²) in [5, 5.41) is 0. The molecule has 0 aliphatic rings. The number of hydrogen-bond acceptors (Lipinski definition) is 5. The molecule has 24 heavy (non-hydrogen) atoms. The minimum absolute atomic E-state index is 0.0816. The Hall–Kier alpha value is -2.74. The first-order valence-corrected chi connectivity index (χ1v) is 7.25. The molecule has 1 aromatic carbocycles. The molecule has 128 valence electrons. The monoisotopic (exact) mass is 336 g/mol. The summed E-state index contributed by atoms with van der Waals surface area (Å²) in [6, 6.07) is 6.76. The Balaban J connectivity index is 1.90. The van der Waals surface area contributed by atoms with Gasteiger partial charge >= 0.3 is 11.7 Å². The van der Waals surface area contributed by atoms with Crippen molar-refractivity contribution in [2.45, 2.75) is 19.1 Å². The number of aryl methyl sites for hydroxylation is 1. The number of carbonyl (C=O) groups excluding carboxylic acids is 1. The number of nitrogens with zero attached hydrogens (tertiary/aromatic N) is 1. The van der Waals surface area contributed by atoms with E-state index in [0.717, 1.165) is 0 Å². The second kappa shape index (κ2) is 8.21. The van der Waals surface area contributed by atoms with E-state index in [1.807, 2.05) is 0 Å². The van der Waals surface area contributed by atoms with Crippen molar-refractivity contribution in [1.82, 2.24) is 9.55 Å². The van der Waals surface area contributed by atoms with Gasteiger partial charge in [-0.1, -0.05) is 12.1 Å². The van der Waals surface area contributed by atoms with Gasteiger partial charge in [0.05, 0.1) is 11.7 Å². The van der Waals surface area contributed by atoms with Crippen LogP contribution in [-0.2, 0) is 16.0 Å². The third kappa shape index (κ3) is 4.63. The van der Waals surface area contributed by atoms with Crippen LogP contribution in [0.4, 0.5) is 4.39 Å². The molecule has 1 N–H and O–H groups in total. The van der Waals surface area contributed by atoms with E-state index in [4.69, 9.17) is 9.47 Å². The zero-order valence-corrected chi connectivity index (χ0v) is 13.0. The average molecular weight is 336 g/mol. The van der Waals surface area contributed by atoms with Crippen LogP contribution in [0.2, 0.25) is 0 Å². The van der Waals surface area contributed by atoms with Gasteiger partial charge in [0, 0.05) is 25.9 Å². The standard InChI is InChI=1S/C16H17FN2O5/c1-23-11(6-8-19-9-7-14(20)18-16(19)22)10-24-15(21)12-4-2-3-5-13(12)17/h2-5,7,9,11H,6,8,10H2,1H3,(H,18,20,22). The van der Waals surface area contributed by atoms with E-state index in [0.29, 0.717) is 6.42 Å². The molecule has 0 radical (unpaired) electrons. The Morgan fingerprint density at radius 1 is 1.29 bits per heavy atom. The van der Waals surface area contributed by atoms with Crippen molar-refractivity contribution < 1.29 is 18.7 Å². The third-order valence-corrected chi connectivity index (χ3v) is 3.42. The number of H-pyrrole nitrogens is 1. The molecule has 2 aromatic rings. The van der Waals surface area contributed by atoms with Crippen molar-refractivity contribution in [3.8, 4) is 0 Å². The van der Waals surface area contributed by atoms with Crippen molar-refractivity contribution in [3.05, 3.63) is 68.7 Å². The number of aromatic nitrogens is 2. The molecular formula is C16H17FN2O5. The molecule has 0 saturated heterocycles. The highest BCUT2D eigenvalue weighted by Gasteiger charge is 2.16. The number of methoxy groups -OCH3 is 1. The van der Waals surface area contributed by atoms with Gasteiger partial charge in [-0.3, -0.25) is 9.78 Å². The Morgan fingerprint density at radius 3 is 2.71 bits per heavy atom. The molecule has 0 aliphatic heterocycles. The predicted octanol–water partition coefficient (Wildman–Crippen LogP) is 0.938. The maximum absolute atomic E-state index is 13.5. The Labute approximate surface area is 136 Å². The Kier molecular flexibility index (Phi) is 6.02. The van der Waals surface area contributed by atoms with Crippen LogP contribution in [0.15, 0.2) is 46.1 Å². The molecular weight excluding hydrogens is 319 g/mol. The lowest BCUT2D eigenvalue weighted by Crippen LogP contribution is -2.31. The lowest BCUT2D eigenvalue weighted by Gasteiger charge is -2.16. The van der Waals surface area contributed by atoms with Crippen LogP contribution in [0.5, 0.6) is 0 Å². The molecule has 7 nitrogen and oxygen atoms in total. The largest absolute Gasteiger partial charge is 0.459 e. The van der Waals surface area contributed by atoms with Gasteiger partial charge in [0.15, 0.2) is 0 Å². The summed E-state index contributed by atoms with van der Waals surface area (Å²) in [6.45, 7) is 0.188. The van der Waals surface area contributed by atoms with Gasteiger partial charge in [0.25, 0.3) is 5.56 Å². The van der Waals surface area contributed by atoms with E-state index >= 15 is 0 Å². The van der Waals surface area contributed by atoms with E-state index in [2.05, 4.69) is 4.98 Å². The molecule has 1 heterocycles. The Morgan fingerprint density at radius 2 is 2.04 bits per heavy atom. The van der Waals surface area contributed by atoms with Crippen LogP contribution in [0.1, 0.15) is 16.8 Å². The van der Waals surface area contributed by atoms with Crippen molar-refractivity contribution in [1.29, 1.82) is 0 Å². The summed E-state index contributed by atoms with van der Waals surface area (Å²) in [7, 11) is 1.44. The van der Waals surface area contributed by atoms with Crippen molar-refractivity contribution in [3.63, 3.8) is 0 Å². The second-order valence-corrected chi connectivity index (χ2v) is 5.03. The summed E-state index contributed by atoms with van der Waals surface area (Å²) in [5.74, 6) is -1.44. The second-order valence-electron chi connectivity index (χ2n) is 5.03. The maximum atomic E-state index is 13.5. The lowest BCUT2D eigenvalue weighted by molar-refractivity contribution is 0.00618. The van der Waals surface area contributed by atoms with Crippen LogP contribution in [0.3, 0.4) is 0 Å². The number of carbonyl (C=O) groups is 1. The highest BCUT2D eigenvalue weighted by Crippen LogP contribution is 2.09. The van der Waals surface area contributed by atoms with Gasteiger partial charge in [0.1, 0.15) is 12.4 Å². The number of benzene rings is 1. The highest BCUT2D eigenvalue weighted by atomic mass is 19.1. The number of hydrogen-bond donors (Lipinski definition) is 1. The first-order chi connectivity index (χ1) is 11.5. The van der Waals surface area contributed by atoms with Gasteiger partial charge < -0.3 is 14.0 Å². The third-order valence-electron chi connectivity index (χ3n) is 3.42. The van der Waals surface area contributed by atoms with Gasteiger partial charge in [-0.05, 0) is 18.6 Å². The van der Waals surface area contributed by atoms with Crippen LogP contribution in [-0.4, -0.2) is 35.3 Å². The molecule has 8 heteroatoms. The molecule has 0 bridgehead atoms. The molecule has 1 unspecified atom stereocenters. The summed E-state index contributed by atoms with van der Waals surface area (Å²) in [5.41, 5.74) is -1.15. The maximum Gasteiger partial charge on any atom is 0.341 e. The van der Waals surface area contributed by atoms with Gasteiger partial charge in [0.2, 0.25) is 0 Å². The molecule has 0 amide bonds. The van der Waals surface area contributed by atoms with Crippen molar-refractivity contribution in [2.24, 2.45) is 0 Å². The number of ether oxygens (including phenoxy) is 2. The normalized spacial score (nSPS) is 11.9. The SMILES string of the molecule is COC(CCn1ccc(=O)[nH]c1=O)COC(=O)c1ccccc1F. The number of nitrogens with one attached hydrogen (secondary N) is 1. The summed E-state index contributed by atoms with van der Waals surface area (Å²) < 4.78 is 25.0. The van der Waals surface area contributed by atoms with Gasteiger partial charge in [-0.2, -0.15) is 0 Å². The lowest BCUT2D eigenvalue weighted by atomic mass is 10.2. The predicted molar refractivity (Wildman–Crippen MR) is 83.4 cm³/mol. The van der Waals surface area contributed by atoms with E-state index in [9.17, 15) is 18.8 Å². The summed E-state index contributed by atoms with van der Waals surface area (Å²) in [6.07, 6.45) is 1.27. The van der Waals surface area contributed by atoms with Gasteiger partial charge in [-0.25, -0.2) is 14.0 Å². The summed E-state index contributed by atoms with van der Waals surface area (Å²) >= 11 is 0. The molecule has 0 saturated carbocycles. The molecule has 0 spiro atoms. The fourth-order valence-electron chi connectivity index (χ4n) is 2.05. The zero-order chi connectivity index (χ0) is 17.5. The molecule has 2 rings (SSSR count). The fraction of sp³-hybridized carbons (Fsp3) is 0.312.